The normalized spacial score (nSPS) is 12.5. The van der Waals surface area contributed by atoms with Gasteiger partial charge in [-0.25, -0.2) is 13.2 Å². The van der Waals surface area contributed by atoms with Crippen molar-refractivity contribution in [3.63, 3.8) is 0 Å². The first-order chi connectivity index (χ1) is 9.04. The monoisotopic (exact) mass is 265 g/mol. The second-order valence-electron chi connectivity index (χ2n) is 4.37. The van der Waals surface area contributed by atoms with Crippen LogP contribution in [-0.2, 0) is 0 Å². The lowest BCUT2D eigenvalue weighted by atomic mass is 9.96. The number of hydrogen-bond donors (Lipinski definition) is 1. The van der Waals surface area contributed by atoms with Gasteiger partial charge in [0.25, 0.3) is 0 Å². The molecule has 1 N–H and O–H groups in total. The van der Waals surface area contributed by atoms with Crippen LogP contribution < -0.4 is 5.32 Å². The molecule has 0 saturated heterocycles. The van der Waals surface area contributed by atoms with Crippen LogP contribution >= 0.6 is 0 Å². The topological polar surface area (TPSA) is 12.0 Å². The van der Waals surface area contributed by atoms with Gasteiger partial charge in [0.15, 0.2) is 0 Å². The Bertz CT molecular complexity index is 596. The molecule has 1 nitrogen and oxygen atoms in total. The summed E-state index contributed by atoms with van der Waals surface area (Å²) in [6, 6.07) is 7.71. The van der Waals surface area contributed by atoms with Crippen molar-refractivity contribution in [3.8, 4) is 0 Å². The maximum Gasteiger partial charge on any atom is 0.131 e. The van der Waals surface area contributed by atoms with Crippen molar-refractivity contribution in [2.45, 2.75) is 13.0 Å². The molecule has 1 atom stereocenters. The Morgan fingerprint density at radius 3 is 2.21 bits per heavy atom. The quantitative estimate of drug-likeness (QED) is 0.891. The van der Waals surface area contributed by atoms with Crippen molar-refractivity contribution in [2.75, 3.05) is 7.05 Å². The molecule has 2 rings (SSSR count). The molecule has 0 aliphatic carbocycles. The van der Waals surface area contributed by atoms with Gasteiger partial charge in [-0.2, -0.15) is 0 Å². The van der Waals surface area contributed by atoms with Gasteiger partial charge < -0.3 is 5.32 Å². The molecule has 0 bridgehead atoms. The summed E-state index contributed by atoms with van der Waals surface area (Å²) in [5.41, 5.74) is 0.884. The van der Waals surface area contributed by atoms with E-state index in [0.29, 0.717) is 11.1 Å². The van der Waals surface area contributed by atoms with E-state index in [-0.39, 0.29) is 5.56 Å². The lowest BCUT2D eigenvalue weighted by Crippen LogP contribution is -2.20. The van der Waals surface area contributed by atoms with Gasteiger partial charge in [-0.05, 0) is 31.7 Å². The van der Waals surface area contributed by atoms with E-state index in [1.165, 1.54) is 12.1 Å². The Labute approximate surface area is 110 Å². The molecular formula is C15H14F3N. The van der Waals surface area contributed by atoms with Gasteiger partial charge in [0, 0.05) is 17.2 Å². The molecule has 4 heteroatoms. The van der Waals surface area contributed by atoms with Gasteiger partial charge in [0.05, 0.1) is 6.04 Å². The Morgan fingerprint density at radius 1 is 0.895 bits per heavy atom. The Hall–Kier alpha value is -1.81. The summed E-state index contributed by atoms with van der Waals surface area (Å²) in [7, 11) is 1.61. The standard InChI is InChI=1S/C15H14F3N/c1-9-7-11(14(18)8-13(9)17)15(19-2)10-5-3-4-6-12(10)16/h3-8,15,19H,1-2H3. The summed E-state index contributed by atoms with van der Waals surface area (Å²) < 4.78 is 40.9. The van der Waals surface area contributed by atoms with Crippen molar-refractivity contribution < 1.29 is 13.2 Å². The third-order valence-electron chi connectivity index (χ3n) is 3.09. The predicted molar refractivity (Wildman–Crippen MR) is 68.4 cm³/mol. The molecule has 0 aromatic heterocycles. The summed E-state index contributed by atoms with van der Waals surface area (Å²) in [6.07, 6.45) is 0. The van der Waals surface area contributed by atoms with E-state index in [1.54, 1.807) is 32.2 Å². The number of hydrogen-bond acceptors (Lipinski definition) is 1. The van der Waals surface area contributed by atoms with E-state index in [1.807, 2.05) is 0 Å². The third-order valence-corrected chi connectivity index (χ3v) is 3.09. The number of nitrogens with one attached hydrogen (secondary N) is 1. The van der Waals surface area contributed by atoms with Gasteiger partial charge in [0.1, 0.15) is 17.5 Å². The molecule has 1 unspecified atom stereocenters. The van der Waals surface area contributed by atoms with Crippen LogP contribution in [0, 0.1) is 24.4 Å². The highest BCUT2D eigenvalue weighted by Crippen LogP contribution is 2.27. The molecule has 0 heterocycles. The minimum Gasteiger partial charge on any atom is -0.309 e. The zero-order valence-corrected chi connectivity index (χ0v) is 10.7. The second kappa shape index (κ2) is 5.45. The van der Waals surface area contributed by atoms with E-state index in [4.69, 9.17) is 0 Å². The molecule has 0 saturated carbocycles. The summed E-state index contributed by atoms with van der Waals surface area (Å²) in [5, 5.41) is 2.86. The number of halogens is 3. The Kier molecular flexibility index (Phi) is 3.90. The van der Waals surface area contributed by atoms with Gasteiger partial charge in [0.2, 0.25) is 0 Å². The van der Waals surface area contributed by atoms with Crippen LogP contribution in [0.25, 0.3) is 0 Å². The zero-order valence-electron chi connectivity index (χ0n) is 10.7. The van der Waals surface area contributed by atoms with Crippen molar-refractivity contribution in [2.24, 2.45) is 0 Å². The minimum absolute atomic E-state index is 0.228. The summed E-state index contributed by atoms with van der Waals surface area (Å²) >= 11 is 0. The van der Waals surface area contributed by atoms with Gasteiger partial charge >= 0.3 is 0 Å². The van der Waals surface area contributed by atoms with Crippen LogP contribution in [0.5, 0.6) is 0 Å². The smallest absolute Gasteiger partial charge is 0.131 e. The zero-order chi connectivity index (χ0) is 14.0. The van der Waals surface area contributed by atoms with E-state index in [9.17, 15) is 13.2 Å². The molecule has 100 valence electrons. The number of rotatable bonds is 3. The highest BCUT2D eigenvalue weighted by molar-refractivity contribution is 5.36. The fraction of sp³-hybridized carbons (Fsp3) is 0.200. The van der Waals surface area contributed by atoms with Gasteiger partial charge in [-0.15, -0.1) is 0 Å². The van der Waals surface area contributed by atoms with E-state index >= 15 is 0 Å². The number of aryl methyl sites for hydroxylation is 1. The predicted octanol–water partition coefficient (Wildman–Crippen LogP) is 3.72. The van der Waals surface area contributed by atoms with Crippen LogP contribution in [0.2, 0.25) is 0 Å². The lowest BCUT2D eigenvalue weighted by Gasteiger charge is -2.19. The van der Waals surface area contributed by atoms with E-state index < -0.39 is 23.5 Å². The molecule has 2 aromatic rings. The van der Waals surface area contributed by atoms with Crippen LogP contribution in [-0.4, -0.2) is 7.05 Å². The fourth-order valence-electron chi connectivity index (χ4n) is 2.09. The van der Waals surface area contributed by atoms with Gasteiger partial charge in [-0.3, -0.25) is 0 Å². The largest absolute Gasteiger partial charge is 0.309 e. The average Bonchev–Trinajstić information content (AvgIpc) is 2.38. The summed E-state index contributed by atoms with van der Waals surface area (Å²) in [5.74, 6) is -1.72. The average molecular weight is 265 g/mol. The first-order valence-corrected chi connectivity index (χ1v) is 5.92. The Morgan fingerprint density at radius 2 is 1.58 bits per heavy atom. The molecule has 0 aliphatic heterocycles. The lowest BCUT2D eigenvalue weighted by molar-refractivity contribution is 0.532. The van der Waals surface area contributed by atoms with Crippen molar-refractivity contribution in [1.29, 1.82) is 0 Å². The van der Waals surface area contributed by atoms with Crippen molar-refractivity contribution in [3.05, 3.63) is 70.5 Å². The highest BCUT2D eigenvalue weighted by Gasteiger charge is 2.20. The second-order valence-corrected chi connectivity index (χ2v) is 4.37. The SMILES string of the molecule is CNC(c1ccccc1F)c1cc(C)c(F)cc1F. The first-order valence-electron chi connectivity index (χ1n) is 5.92. The van der Waals surface area contributed by atoms with E-state index in [0.717, 1.165) is 6.07 Å². The molecule has 0 amide bonds. The van der Waals surface area contributed by atoms with Crippen LogP contribution in [0.3, 0.4) is 0 Å². The molecule has 0 aliphatic rings. The van der Waals surface area contributed by atoms with Crippen LogP contribution in [0.4, 0.5) is 13.2 Å². The van der Waals surface area contributed by atoms with Crippen molar-refractivity contribution >= 4 is 0 Å². The third kappa shape index (κ3) is 2.63. The first kappa shape index (κ1) is 13.6. The maximum atomic E-state index is 13.9. The molecular weight excluding hydrogens is 251 g/mol. The fourth-order valence-corrected chi connectivity index (χ4v) is 2.09. The summed E-state index contributed by atoms with van der Waals surface area (Å²) in [4.78, 5) is 0. The van der Waals surface area contributed by atoms with E-state index in [2.05, 4.69) is 5.32 Å². The summed E-state index contributed by atoms with van der Waals surface area (Å²) in [6.45, 7) is 1.55. The van der Waals surface area contributed by atoms with Gasteiger partial charge in [-0.1, -0.05) is 18.2 Å². The molecule has 0 fully saturated rings. The highest BCUT2D eigenvalue weighted by atomic mass is 19.1. The Balaban J connectivity index is 2.55. The molecule has 19 heavy (non-hydrogen) atoms. The van der Waals surface area contributed by atoms with Crippen LogP contribution in [0.1, 0.15) is 22.7 Å². The molecule has 2 aromatic carbocycles. The number of benzene rings is 2. The van der Waals surface area contributed by atoms with Crippen LogP contribution in [0.15, 0.2) is 36.4 Å². The minimum atomic E-state index is -0.689. The van der Waals surface area contributed by atoms with Crippen molar-refractivity contribution in [1.82, 2.24) is 5.32 Å². The maximum absolute atomic E-state index is 13.9. The molecule has 0 radical (unpaired) electrons. The molecule has 0 spiro atoms.